The summed E-state index contributed by atoms with van der Waals surface area (Å²) < 4.78 is 5.06. The molecule has 1 aromatic carbocycles. The number of phenolic OH excluding ortho intramolecular Hbond substituents is 2. The van der Waals surface area contributed by atoms with Gasteiger partial charge in [-0.15, -0.1) is 0 Å². The fourth-order valence-corrected chi connectivity index (χ4v) is 2.34. The van der Waals surface area contributed by atoms with Crippen LogP contribution in [-0.4, -0.2) is 34.5 Å². The lowest BCUT2D eigenvalue weighted by Gasteiger charge is -2.25. The summed E-state index contributed by atoms with van der Waals surface area (Å²) in [7, 11) is 0. The van der Waals surface area contributed by atoms with Gasteiger partial charge in [0.25, 0.3) is 0 Å². The summed E-state index contributed by atoms with van der Waals surface area (Å²) in [6.07, 6.45) is 3.71. The highest BCUT2D eigenvalue weighted by Gasteiger charge is 2.20. The van der Waals surface area contributed by atoms with Gasteiger partial charge in [-0.2, -0.15) is 5.06 Å². The number of rotatable bonds is 10. The van der Waals surface area contributed by atoms with Crippen LogP contribution in [0.5, 0.6) is 11.5 Å². The molecule has 1 amide bonds. The van der Waals surface area contributed by atoms with Crippen LogP contribution in [0.15, 0.2) is 18.2 Å². The minimum atomic E-state index is -0.504. The molecule has 0 heterocycles. The van der Waals surface area contributed by atoms with E-state index in [1.165, 1.54) is 17.2 Å². The summed E-state index contributed by atoms with van der Waals surface area (Å²) in [5.41, 5.74) is 0.654. The van der Waals surface area contributed by atoms with Crippen molar-refractivity contribution in [2.75, 3.05) is 13.2 Å². The van der Waals surface area contributed by atoms with E-state index in [1.807, 2.05) is 0 Å². The highest BCUT2D eigenvalue weighted by Crippen LogP contribution is 2.25. The molecule has 0 aliphatic heterocycles. The van der Waals surface area contributed by atoms with E-state index in [-0.39, 0.29) is 24.7 Å². The van der Waals surface area contributed by atoms with E-state index < -0.39 is 6.09 Å². The predicted octanol–water partition coefficient (Wildman–Crippen LogP) is 4.20. The molecule has 0 aliphatic carbocycles. The Labute approximate surface area is 144 Å². The van der Waals surface area contributed by atoms with Crippen molar-refractivity contribution in [2.45, 2.75) is 53.1 Å². The highest BCUT2D eigenvalue weighted by atomic mass is 16.7. The second-order valence-corrected chi connectivity index (χ2v) is 5.77. The third-order valence-electron chi connectivity index (χ3n) is 3.87. The zero-order valence-electron chi connectivity index (χ0n) is 14.8. The van der Waals surface area contributed by atoms with E-state index >= 15 is 0 Å². The molecule has 0 aromatic heterocycles. The Bertz CT molecular complexity index is 506. The van der Waals surface area contributed by atoms with Crippen molar-refractivity contribution >= 4 is 6.09 Å². The van der Waals surface area contributed by atoms with Crippen LogP contribution in [0.4, 0.5) is 4.79 Å². The molecule has 0 fully saturated rings. The van der Waals surface area contributed by atoms with Crippen LogP contribution in [0.3, 0.4) is 0 Å². The molecule has 2 N–H and O–H groups in total. The third kappa shape index (κ3) is 6.66. The van der Waals surface area contributed by atoms with Gasteiger partial charge in [0.1, 0.15) is 6.61 Å². The molecule has 136 valence electrons. The molecule has 0 bridgehead atoms. The average Bonchev–Trinajstić information content (AvgIpc) is 2.57. The van der Waals surface area contributed by atoms with Crippen molar-refractivity contribution in [3.05, 3.63) is 23.8 Å². The monoisotopic (exact) mass is 339 g/mol. The molecule has 1 atom stereocenters. The lowest BCUT2D eigenvalue weighted by atomic mass is 9.99. The summed E-state index contributed by atoms with van der Waals surface area (Å²) in [6.45, 7) is 6.86. The van der Waals surface area contributed by atoms with Gasteiger partial charge < -0.3 is 14.9 Å². The van der Waals surface area contributed by atoms with Crippen molar-refractivity contribution in [1.82, 2.24) is 5.06 Å². The Morgan fingerprint density at radius 3 is 2.54 bits per heavy atom. The minimum absolute atomic E-state index is 0.108. The van der Waals surface area contributed by atoms with Gasteiger partial charge >= 0.3 is 6.09 Å². The van der Waals surface area contributed by atoms with Crippen molar-refractivity contribution in [1.29, 1.82) is 0 Å². The molecule has 0 saturated carbocycles. The molecule has 0 saturated heterocycles. The summed E-state index contributed by atoms with van der Waals surface area (Å²) in [5.74, 6) is -0.0534. The number of hydrogen-bond acceptors (Lipinski definition) is 5. The first-order chi connectivity index (χ1) is 11.5. The number of benzene rings is 1. The number of hydroxylamine groups is 2. The van der Waals surface area contributed by atoms with Gasteiger partial charge in [-0.3, -0.25) is 4.84 Å². The number of hydrogen-bond donors (Lipinski definition) is 2. The SMILES string of the molecule is CCCCC(CC)CN(OCc1ccc(O)c(O)c1)C(=O)OCC. The molecule has 0 aliphatic rings. The van der Waals surface area contributed by atoms with E-state index in [0.717, 1.165) is 25.7 Å². The van der Waals surface area contributed by atoms with E-state index in [2.05, 4.69) is 13.8 Å². The second kappa shape index (κ2) is 10.8. The van der Waals surface area contributed by atoms with Gasteiger partial charge in [0.15, 0.2) is 11.5 Å². The minimum Gasteiger partial charge on any atom is -0.504 e. The molecule has 0 radical (unpaired) electrons. The van der Waals surface area contributed by atoms with Gasteiger partial charge in [-0.05, 0) is 37.0 Å². The van der Waals surface area contributed by atoms with E-state index in [0.29, 0.717) is 18.0 Å². The van der Waals surface area contributed by atoms with Crippen molar-refractivity contribution in [2.24, 2.45) is 5.92 Å². The maximum Gasteiger partial charge on any atom is 0.433 e. The summed E-state index contributed by atoms with van der Waals surface area (Å²) in [4.78, 5) is 17.7. The molecule has 0 spiro atoms. The summed E-state index contributed by atoms with van der Waals surface area (Å²) in [6, 6.07) is 4.43. The molecular weight excluding hydrogens is 310 g/mol. The van der Waals surface area contributed by atoms with Gasteiger partial charge in [0, 0.05) is 0 Å². The van der Waals surface area contributed by atoms with Crippen LogP contribution in [0.25, 0.3) is 0 Å². The van der Waals surface area contributed by atoms with E-state index in [4.69, 9.17) is 9.57 Å². The van der Waals surface area contributed by atoms with Crippen LogP contribution >= 0.6 is 0 Å². The number of phenols is 2. The normalized spacial score (nSPS) is 12.0. The summed E-state index contributed by atoms with van der Waals surface area (Å²) in [5, 5.41) is 20.1. The van der Waals surface area contributed by atoms with Crippen molar-refractivity contribution in [3.63, 3.8) is 0 Å². The molecule has 6 nitrogen and oxygen atoms in total. The maximum absolute atomic E-state index is 12.1. The number of amides is 1. The quantitative estimate of drug-likeness (QED) is 0.493. The van der Waals surface area contributed by atoms with Crippen LogP contribution in [0.1, 0.15) is 52.0 Å². The summed E-state index contributed by atoms with van der Waals surface area (Å²) >= 11 is 0. The fraction of sp³-hybridized carbons (Fsp3) is 0.611. The van der Waals surface area contributed by atoms with Gasteiger partial charge in [-0.25, -0.2) is 4.79 Å². The number of carbonyl (C=O) groups is 1. The molecule has 1 rings (SSSR count). The Morgan fingerprint density at radius 1 is 1.21 bits per heavy atom. The van der Waals surface area contributed by atoms with Crippen molar-refractivity contribution < 1.29 is 24.6 Å². The lowest BCUT2D eigenvalue weighted by Crippen LogP contribution is -2.36. The zero-order chi connectivity index (χ0) is 17.9. The number of carbonyl (C=O) groups excluding carboxylic acids is 1. The van der Waals surface area contributed by atoms with Gasteiger partial charge in [0.2, 0.25) is 0 Å². The number of aromatic hydroxyl groups is 2. The third-order valence-corrected chi connectivity index (χ3v) is 3.87. The number of ether oxygens (including phenoxy) is 1. The molecule has 1 aromatic rings. The first kappa shape index (κ1) is 20.1. The first-order valence-corrected chi connectivity index (χ1v) is 8.59. The van der Waals surface area contributed by atoms with E-state index in [9.17, 15) is 15.0 Å². The second-order valence-electron chi connectivity index (χ2n) is 5.77. The van der Waals surface area contributed by atoms with Crippen LogP contribution in [0, 0.1) is 5.92 Å². The Balaban J connectivity index is 2.70. The fourth-order valence-electron chi connectivity index (χ4n) is 2.34. The maximum atomic E-state index is 12.1. The predicted molar refractivity (Wildman–Crippen MR) is 91.6 cm³/mol. The molecule has 6 heteroatoms. The van der Waals surface area contributed by atoms with Crippen LogP contribution < -0.4 is 0 Å². The Morgan fingerprint density at radius 2 is 1.96 bits per heavy atom. The topological polar surface area (TPSA) is 79.2 Å². The highest BCUT2D eigenvalue weighted by molar-refractivity contribution is 5.66. The molecule has 24 heavy (non-hydrogen) atoms. The van der Waals surface area contributed by atoms with Crippen molar-refractivity contribution in [3.8, 4) is 11.5 Å². The van der Waals surface area contributed by atoms with E-state index in [1.54, 1.807) is 13.0 Å². The molecular formula is C18H29NO5. The number of nitrogens with zero attached hydrogens (tertiary/aromatic N) is 1. The van der Waals surface area contributed by atoms with Gasteiger partial charge in [-0.1, -0.05) is 39.2 Å². The molecule has 1 unspecified atom stereocenters. The zero-order valence-corrected chi connectivity index (χ0v) is 14.8. The Kier molecular flexibility index (Phi) is 9.01. The standard InChI is InChI=1S/C18H29NO5/c1-4-7-8-14(5-2)12-19(18(22)23-6-3)24-13-15-9-10-16(20)17(21)11-15/h9-11,14,20-21H,4-8,12-13H2,1-3H3. The smallest absolute Gasteiger partial charge is 0.433 e. The van der Waals surface area contributed by atoms with Crippen LogP contribution in [0.2, 0.25) is 0 Å². The lowest BCUT2D eigenvalue weighted by molar-refractivity contribution is -0.153. The Hall–Kier alpha value is -1.95. The van der Waals surface area contributed by atoms with Crippen LogP contribution in [-0.2, 0) is 16.2 Å². The largest absolute Gasteiger partial charge is 0.504 e. The average molecular weight is 339 g/mol. The van der Waals surface area contributed by atoms with Gasteiger partial charge in [0.05, 0.1) is 13.2 Å². The number of unbranched alkanes of at least 4 members (excludes halogenated alkanes) is 1. The first-order valence-electron chi connectivity index (χ1n) is 8.59.